The normalized spacial score (nSPS) is 10.4. The number of esters is 1. The van der Waals surface area contributed by atoms with Crippen LogP contribution in [0.15, 0.2) is 29.0 Å². The van der Waals surface area contributed by atoms with Crippen LogP contribution >= 0.6 is 15.9 Å². The summed E-state index contributed by atoms with van der Waals surface area (Å²) in [6.07, 6.45) is 3.45. The Morgan fingerprint density at radius 1 is 1.64 bits per heavy atom. The molecule has 0 bridgehead atoms. The van der Waals surface area contributed by atoms with Gasteiger partial charge in [0.05, 0.1) is 7.11 Å². The molecule has 0 radical (unpaired) electrons. The van der Waals surface area contributed by atoms with Crippen LogP contribution in [0.5, 0.6) is 0 Å². The molecule has 0 N–H and O–H groups in total. The molecular weight excluding hydrogens is 248 g/mol. The van der Waals surface area contributed by atoms with Gasteiger partial charge in [-0.05, 0) is 12.1 Å². The third-order valence-corrected chi connectivity index (χ3v) is 2.31. The van der Waals surface area contributed by atoms with Crippen molar-refractivity contribution < 1.29 is 9.53 Å². The maximum Gasteiger partial charge on any atom is 0.358 e. The van der Waals surface area contributed by atoms with Crippen molar-refractivity contribution in [1.82, 2.24) is 9.38 Å². The van der Waals surface area contributed by atoms with Crippen molar-refractivity contribution in [1.29, 1.82) is 0 Å². The molecule has 0 atom stereocenters. The smallest absolute Gasteiger partial charge is 0.358 e. The fourth-order valence-corrected chi connectivity index (χ4v) is 1.48. The van der Waals surface area contributed by atoms with Crippen LogP contribution in [0.1, 0.15) is 10.5 Å². The number of methoxy groups -OCH3 is 1. The molecule has 0 amide bonds. The third-order valence-electron chi connectivity index (χ3n) is 1.82. The van der Waals surface area contributed by atoms with Crippen LogP contribution in [0, 0.1) is 0 Å². The highest BCUT2D eigenvalue weighted by Crippen LogP contribution is 2.13. The van der Waals surface area contributed by atoms with Crippen LogP contribution in [0.25, 0.3) is 5.65 Å². The number of halogens is 1. The van der Waals surface area contributed by atoms with Crippen LogP contribution in [-0.4, -0.2) is 22.5 Å². The number of carbonyl (C=O) groups is 1. The van der Waals surface area contributed by atoms with Gasteiger partial charge in [0, 0.05) is 16.9 Å². The average Bonchev–Trinajstić information content (AvgIpc) is 2.59. The summed E-state index contributed by atoms with van der Waals surface area (Å²) >= 11 is 3.33. The topological polar surface area (TPSA) is 43.6 Å². The first-order valence-corrected chi connectivity index (χ1v) is 4.72. The van der Waals surface area contributed by atoms with E-state index in [0.29, 0.717) is 11.3 Å². The van der Waals surface area contributed by atoms with Crippen LogP contribution < -0.4 is 0 Å². The molecule has 0 aliphatic carbocycles. The van der Waals surface area contributed by atoms with Crippen molar-refractivity contribution in [3.05, 3.63) is 34.7 Å². The highest BCUT2D eigenvalue weighted by Gasteiger charge is 2.10. The van der Waals surface area contributed by atoms with Gasteiger partial charge in [0.25, 0.3) is 0 Å². The Kier molecular flexibility index (Phi) is 2.25. The fraction of sp³-hybridized carbons (Fsp3) is 0.111. The van der Waals surface area contributed by atoms with Crippen molar-refractivity contribution in [2.24, 2.45) is 0 Å². The lowest BCUT2D eigenvalue weighted by molar-refractivity contribution is 0.0595. The second-order valence-corrected chi connectivity index (χ2v) is 3.64. The Bertz CT molecular complexity index is 493. The number of ether oxygens (including phenoxy) is 1. The molecule has 2 aromatic rings. The van der Waals surface area contributed by atoms with Crippen molar-refractivity contribution in [3.8, 4) is 0 Å². The summed E-state index contributed by atoms with van der Waals surface area (Å²) < 4.78 is 7.25. The summed E-state index contributed by atoms with van der Waals surface area (Å²) in [7, 11) is 1.34. The lowest BCUT2D eigenvalue weighted by Gasteiger charge is -1.91. The number of pyridine rings is 1. The molecule has 0 spiro atoms. The van der Waals surface area contributed by atoms with Gasteiger partial charge in [0.2, 0.25) is 0 Å². The van der Waals surface area contributed by atoms with E-state index in [1.807, 2.05) is 18.3 Å². The first kappa shape index (κ1) is 9.21. The maximum absolute atomic E-state index is 11.2. The number of carbonyl (C=O) groups excluding carboxylic acids is 1. The molecule has 0 aromatic carbocycles. The van der Waals surface area contributed by atoms with Crippen LogP contribution in [0.4, 0.5) is 0 Å². The average molecular weight is 255 g/mol. The number of aromatic nitrogens is 2. The Labute approximate surface area is 88.6 Å². The maximum atomic E-state index is 11.2. The van der Waals surface area contributed by atoms with E-state index in [0.717, 1.165) is 4.47 Å². The van der Waals surface area contributed by atoms with E-state index < -0.39 is 5.97 Å². The van der Waals surface area contributed by atoms with Crippen LogP contribution in [-0.2, 0) is 4.74 Å². The molecule has 0 aliphatic heterocycles. The van der Waals surface area contributed by atoms with Crippen molar-refractivity contribution in [2.75, 3.05) is 7.11 Å². The minimum atomic E-state index is -0.426. The van der Waals surface area contributed by atoms with Crippen LogP contribution in [0.2, 0.25) is 0 Å². The lowest BCUT2D eigenvalue weighted by atomic mass is 10.5. The number of rotatable bonds is 1. The molecule has 2 aromatic heterocycles. The number of fused-ring (bicyclic) bond motifs is 1. The minimum absolute atomic E-state index is 0.311. The largest absolute Gasteiger partial charge is 0.464 e. The molecule has 5 heteroatoms. The van der Waals surface area contributed by atoms with Gasteiger partial charge >= 0.3 is 5.97 Å². The third kappa shape index (κ3) is 1.50. The highest BCUT2D eigenvalue weighted by atomic mass is 79.9. The molecule has 4 nitrogen and oxygen atoms in total. The zero-order chi connectivity index (χ0) is 10.1. The second kappa shape index (κ2) is 3.42. The molecule has 72 valence electrons. The van der Waals surface area contributed by atoms with E-state index in [4.69, 9.17) is 0 Å². The van der Waals surface area contributed by atoms with Gasteiger partial charge in [-0.1, -0.05) is 15.9 Å². The van der Waals surface area contributed by atoms with Gasteiger partial charge in [-0.2, -0.15) is 0 Å². The number of nitrogens with zero attached hydrogens (tertiary/aromatic N) is 2. The van der Waals surface area contributed by atoms with Crippen molar-refractivity contribution in [2.45, 2.75) is 0 Å². The predicted molar refractivity (Wildman–Crippen MR) is 54.2 cm³/mol. The van der Waals surface area contributed by atoms with Gasteiger partial charge < -0.3 is 9.14 Å². The molecule has 2 rings (SSSR count). The highest BCUT2D eigenvalue weighted by molar-refractivity contribution is 9.10. The van der Waals surface area contributed by atoms with Crippen molar-refractivity contribution >= 4 is 27.5 Å². The molecule has 0 saturated heterocycles. The van der Waals surface area contributed by atoms with Gasteiger partial charge in [0.15, 0.2) is 5.69 Å². The van der Waals surface area contributed by atoms with E-state index in [-0.39, 0.29) is 0 Å². The Morgan fingerprint density at radius 3 is 3.14 bits per heavy atom. The SMILES string of the molecule is COC(=O)c1cn2ccc(Br)cc2n1. The van der Waals surface area contributed by atoms with E-state index in [9.17, 15) is 4.79 Å². The number of hydrogen-bond acceptors (Lipinski definition) is 3. The number of imidazole rings is 1. The molecule has 0 saturated carbocycles. The van der Waals surface area contributed by atoms with E-state index in [1.165, 1.54) is 7.11 Å². The quantitative estimate of drug-likeness (QED) is 0.731. The first-order valence-electron chi connectivity index (χ1n) is 3.93. The standard InChI is InChI=1S/C9H7BrN2O2/c1-14-9(13)7-5-12-3-2-6(10)4-8(12)11-7/h2-5H,1H3. The zero-order valence-electron chi connectivity index (χ0n) is 7.40. The van der Waals surface area contributed by atoms with E-state index >= 15 is 0 Å². The summed E-state index contributed by atoms with van der Waals surface area (Å²) in [6.45, 7) is 0. The summed E-state index contributed by atoms with van der Waals surface area (Å²) in [5, 5.41) is 0. The zero-order valence-corrected chi connectivity index (χ0v) is 8.98. The summed E-state index contributed by atoms with van der Waals surface area (Å²) in [4.78, 5) is 15.3. The molecule has 0 unspecified atom stereocenters. The molecular formula is C9H7BrN2O2. The van der Waals surface area contributed by atoms with Gasteiger partial charge in [0.1, 0.15) is 5.65 Å². The summed E-state index contributed by atoms with van der Waals surface area (Å²) in [6, 6.07) is 3.70. The molecule has 0 fully saturated rings. The van der Waals surface area contributed by atoms with Gasteiger partial charge in [-0.25, -0.2) is 9.78 Å². The minimum Gasteiger partial charge on any atom is -0.464 e. The van der Waals surface area contributed by atoms with E-state index in [2.05, 4.69) is 25.7 Å². The fourth-order valence-electron chi connectivity index (χ4n) is 1.16. The van der Waals surface area contributed by atoms with E-state index in [1.54, 1.807) is 10.6 Å². The molecule has 14 heavy (non-hydrogen) atoms. The summed E-state index contributed by atoms with van der Waals surface area (Å²) in [5.41, 5.74) is 1.02. The Balaban J connectivity index is 2.56. The van der Waals surface area contributed by atoms with Crippen LogP contribution in [0.3, 0.4) is 0 Å². The monoisotopic (exact) mass is 254 g/mol. The van der Waals surface area contributed by atoms with Gasteiger partial charge in [-0.3, -0.25) is 0 Å². The molecule has 0 aliphatic rings. The van der Waals surface area contributed by atoms with Crippen molar-refractivity contribution in [3.63, 3.8) is 0 Å². The molecule has 2 heterocycles. The Morgan fingerprint density at radius 2 is 2.43 bits per heavy atom. The lowest BCUT2D eigenvalue weighted by Crippen LogP contribution is -2.00. The number of hydrogen-bond donors (Lipinski definition) is 0. The summed E-state index contributed by atoms with van der Waals surface area (Å²) in [5.74, 6) is -0.426. The Hall–Kier alpha value is -1.36. The first-order chi connectivity index (χ1) is 6.70. The van der Waals surface area contributed by atoms with Gasteiger partial charge in [-0.15, -0.1) is 0 Å². The second-order valence-electron chi connectivity index (χ2n) is 2.73. The predicted octanol–water partition coefficient (Wildman–Crippen LogP) is 1.88.